The molecule has 0 aromatic carbocycles. The van der Waals surface area contributed by atoms with E-state index in [1.54, 1.807) is 0 Å². The average Bonchev–Trinajstić information content (AvgIpc) is 2.52. The highest BCUT2D eigenvalue weighted by Gasteiger charge is 2.38. The first-order valence-corrected chi connectivity index (χ1v) is 5.83. The Balaban J connectivity index is 2.10. The highest BCUT2D eigenvalue weighted by molar-refractivity contribution is 4.87. The first-order valence-electron chi connectivity index (χ1n) is 5.83. The number of nitrogens with zero attached hydrogens (tertiary/aromatic N) is 1. The summed E-state index contributed by atoms with van der Waals surface area (Å²) in [6, 6.07) is 0.00377. The third kappa shape index (κ3) is 4.89. The molecule has 1 saturated heterocycles. The van der Waals surface area contributed by atoms with Crippen molar-refractivity contribution in [3.8, 4) is 0 Å². The van der Waals surface area contributed by atoms with Gasteiger partial charge in [0.1, 0.15) is 0 Å². The Morgan fingerprint density at radius 2 is 2.13 bits per heavy atom. The highest BCUT2D eigenvalue weighted by Crippen LogP contribution is 2.26. The van der Waals surface area contributed by atoms with Crippen LogP contribution in [0.2, 0.25) is 0 Å². The maximum Gasteiger partial charge on any atom is 0.261 e. The molecule has 1 atom stereocenters. The van der Waals surface area contributed by atoms with Crippen molar-refractivity contribution in [1.82, 2.24) is 10.2 Å². The van der Waals surface area contributed by atoms with E-state index in [0.29, 0.717) is 0 Å². The van der Waals surface area contributed by atoms with Gasteiger partial charge in [-0.1, -0.05) is 13.3 Å². The van der Waals surface area contributed by atoms with Crippen LogP contribution in [0.25, 0.3) is 0 Å². The van der Waals surface area contributed by atoms with Gasteiger partial charge in [0.15, 0.2) is 0 Å². The number of nitrogens with one attached hydrogen (secondary N) is 1. The van der Waals surface area contributed by atoms with Crippen LogP contribution in [0.5, 0.6) is 0 Å². The van der Waals surface area contributed by atoms with Crippen LogP contribution >= 0.6 is 0 Å². The van der Waals surface area contributed by atoms with Crippen LogP contribution in [-0.4, -0.2) is 43.5 Å². The largest absolute Gasteiger partial charge is 0.308 e. The van der Waals surface area contributed by atoms with E-state index in [0.717, 1.165) is 19.5 Å². The van der Waals surface area contributed by atoms with E-state index in [1.165, 1.54) is 12.8 Å². The first-order chi connectivity index (χ1) is 7.03. The first kappa shape index (κ1) is 12.8. The summed E-state index contributed by atoms with van der Waals surface area (Å²) in [6.45, 7) is 4.00. The molecule has 0 bridgehead atoms. The molecule has 0 amide bonds. The Labute approximate surface area is 91.0 Å². The third-order valence-corrected chi connectivity index (χ3v) is 2.95. The SMILES string of the molecule is CCCCN(C)CCC1CC(F)(F)CN1. The predicted octanol–water partition coefficient (Wildman–Crippen LogP) is 2.11. The molecule has 90 valence electrons. The minimum Gasteiger partial charge on any atom is -0.308 e. The third-order valence-electron chi connectivity index (χ3n) is 2.95. The zero-order valence-electron chi connectivity index (χ0n) is 9.73. The molecular weight excluding hydrogens is 198 g/mol. The van der Waals surface area contributed by atoms with Crippen LogP contribution in [0.4, 0.5) is 8.78 Å². The smallest absolute Gasteiger partial charge is 0.261 e. The summed E-state index contributed by atoms with van der Waals surface area (Å²) >= 11 is 0. The molecule has 1 unspecified atom stereocenters. The molecule has 1 aliphatic heterocycles. The standard InChI is InChI=1S/C11H22F2N2/c1-3-4-6-15(2)7-5-10-8-11(12,13)9-14-10/h10,14H,3-9H2,1-2H3. The Morgan fingerprint density at radius 3 is 2.67 bits per heavy atom. The maximum atomic E-state index is 12.8. The number of halogens is 2. The lowest BCUT2D eigenvalue weighted by atomic mass is 10.1. The Kier molecular flexibility index (Phi) is 4.93. The lowest BCUT2D eigenvalue weighted by Crippen LogP contribution is -2.29. The number of hydrogen-bond acceptors (Lipinski definition) is 2. The molecule has 0 aromatic heterocycles. The summed E-state index contributed by atoms with van der Waals surface area (Å²) in [5.74, 6) is -2.48. The van der Waals surface area contributed by atoms with Crippen molar-refractivity contribution in [3.63, 3.8) is 0 Å². The molecule has 1 rings (SSSR count). The van der Waals surface area contributed by atoms with Crippen LogP contribution in [0.15, 0.2) is 0 Å². The van der Waals surface area contributed by atoms with Crippen LogP contribution in [0, 0.1) is 0 Å². The van der Waals surface area contributed by atoms with E-state index in [9.17, 15) is 8.78 Å². The van der Waals surface area contributed by atoms with Crippen molar-refractivity contribution in [1.29, 1.82) is 0 Å². The summed E-state index contributed by atoms with van der Waals surface area (Å²) in [7, 11) is 2.06. The molecule has 2 nitrogen and oxygen atoms in total. The summed E-state index contributed by atoms with van der Waals surface area (Å²) in [6.07, 6.45) is 3.21. The van der Waals surface area contributed by atoms with Crippen LogP contribution in [0.1, 0.15) is 32.6 Å². The molecule has 1 heterocycles. The summed E-state index contributed by atoms with van der Waals surface area (Å²) in [4.78, 5) is 2.22. The van der Waals surface area contributed by atoms with Gasteiger partial charge in [-0.25, -0.2) is 8.78 Å². The van der Waals surface area contributed by atoms with E-state index < -0.39 is 5.92 Å². The average molecular weight is 220 g/mol. The van der Waals surface area contributed by atoms with Gasteiger partial charge in [0.2, 0.25) is 0 Å². The zero-order chi connectivity index (χ0) is 11.3. The molecule has 4 heteroatoms. The monoisotopic (exact) mass is 220 g/mol. The van der Waals surface area contributed by atoms with Gasteiger partial charge in [-0.2, -0.15) is 0 Å². The fourth-order valence-electron chi connectivity index (χ4n) is 1.92. The second-order valence-corrected chi connectivity index (χ2v) is 4.58. The van der Waals surface area contributed by atoms with Gasteiger partial charge in [0.05, 0.1) is 6.54 Å². The van der Waals surface area contributed by atoms with Gasteiger partial charge in [-0.15, -0.1) is 0 Å². The Bertz CT molecular complexity index is 185. The van der Waals surface area contributed by atoms with Crippen molar-refractivity contribution in [2.24, 2.45) is 0 Å². The maximum absolute atomic E-state index is 12.8. The molecule has 1 aliphatic rings. The normalized spacial score (nSPS) is 25.0. The van der Waals surface area contributed by atoms with Crippen molar-refractivity contribution in [2.45, 2.75) is 44.6 Å². The molecule has 0 spiro atoms. The molecule has 0 aromatic rings. The number of hydrogen-bond donors (Lipinski definition) is 1. The highest BCUT2D eigenvalue weighted by atomic mass is 19.3. The van der Waals surface area contributed by atoms with E-state index in [2.05, 4.69) is 24.2 Å². The quantitative estimate of drug-likeness (QED) is 0.737. The second kappa shape index (κ2) is 5.75. The number of rotatable bonds is 6. The fraction of sp³-hybridized carbons (Fsp3) is 1.00. The van der Waals surface area contributed by atoms with E-state index in [-0.39, 0.29) is 19.0 Å². The molecule has 15 heavy (non-hydrogen) atoms. The molecule has 1 N–H and O–H groups in total. The Hall–Kier alpha value is -0.220. The second-order valence-electron chi connectivity index (χ2n) is 4.58. The van der Waals surface area contributed by atoms with E-state index in [1.807, 2.05) is 0 Å². The lowest BCUT2D eigenvalue weighted by molar-refractivity contribution is 0.0206. The summed E-state index contributed by atoms with van der Waals surface area (Å²) in [5, 5.41) is 2.88. The summed E-state index contributed by atoms with van der Waals surface area (Å²) in [5.41, 5.74) is 0. The fourth-order valence-corrected chi connectivity index (χ4v) is 1.92. The molecule has 0 saturated carbocycles. The van der Waals surface area contributed by atoms with Gasteiger partial charge in [0.25, 0.3) is 5.92 Å². The number of unbranched alkanes of at least 4 members (excludes halogenated alkanes) is 1. The molecule has 0 aliphatic carbocycles. The van der Waals surface area contributed by atoms with Gasteiger partial charge >= 0.3 is 0 Å². The van der Waals surface area contributed by atoms with Crippen LogP contribution < -0.4 is 5.32 Å². The van der Waals surface area contributed by atoms with Gasteiger partial charge < -0.3 is 10.2 Å². The van der Waals surface area contributed by atoms with Crippen molar-refractivity contribution >= 4 is 0 Å². The minimum atomic E-state index is -2.48. The molecule has 0 radical (unpaired) electrons. The summed E-state index contributed by atoms with van der Waals surface area (Å²) < 4.78 is 25.7. The van der Waals surface area contributed by atoms with Gasteiger partial charge in [-0.3, -0.25) is 0 Å². The van der Waals surface area contributed by atoms with Crippen molar-refractivity contribution in [2.75, 3.05) is 26.7 Å². The Morgan fingerprint density at radius 1 is 1.40 bits per heavy atom. The molecular formula is C11H22F2N2. The van der Waals surface area contributed by atoms with Gasteiger partial charge in [0, 0.05) is 12.5 Å². The predicted molar refractivity (Wildman–Crippen MR) is 58.4 cm³/mol. The minimum absolute atomic E-state index is 0.00377. The topological polar surface area (TPSA) is 15.3 Å². The van der Waals surface area contributed by atoms with Crippen LogP contribution in [0.3, 0.4) is 0 Å². The lowest BCUT2D eigenvalue weighted by Gasteiger charge is -2.18. The van der Waals surface area contributed by atoms with Crippen molar-refractivity contribution in [3.05, 3.63) is 0 Å². The molecule has 1 fully saturated rings. The van der Waals surface area contributed by atoms with Crippen LogP contribution in [-0.2, 0) is 0 Å². The van der Waals surface area contributed by atoms with E-state index in [4.69, 9.17) is 0 Å². The van der Waals surface area contributed by atoms with Crippen molar-refractivity contribution < 1.29 is 8.78 Å². The van der Waals surface area contributed by atoms with Gasteiger partial charge in [-0.05, 0) is 33.0 Å². The van der Waals surface area contributed by atoms with E-state index >= 15 is 0 Å². The zero-order valence-corrected chi connectivity index (χ0v) is 9.73. The number of alkyl halides is 2.